The van der Waals surface area contributed by atoms with Crippen molar-refractivity contribution in [1.82, 2.24) is 10.3 Å². The number of thiophene rings is 2. The fourth-order valence-corrected chi connectivity index (χ4v) is 6.51. The van der Waals surface area contributed by atoms with E-state index in [1.807, 2.05) is 6.07 Å². The quantitative estimate of drug-likeness (QED) is 0.288. The largest absolute Gasteiger partial charge is 0.490 e. The molecule has 1 saturated heterocycles. The van der Waals surface area contributed by atoms with Crippen molar-refractivity contribution < 1.29 is 23.1 Å². The van der Waals surface area contributed by atoms with Gasteiger partial charge >= 0.3 is 12.1 Å². The number of halogens is 5. The third-order valence-corrected chi connectivity index (χ3v) is 8.47. The molecule has 0 saturated carbocycles. The number of carbonyl (C=O) groups is 1. The average Bonchev–Trinajstić information content (AvgIpc) is 3.31. The summed E-state index contributed by atoms with van der Waals surface area (Å²) in [5.41, 5.74) is 8.44. The van der Waals surface area contributed by atoms with Crippen molar-refractivity contribution in [2.24, 2.45) is 5.73 Å². The summed E-state index contributed by atoms with van der Waals surface area (Å²) in [6, 6.07) is 6.27. The number of carboxylic acids is 1. The van der Waals surface area contributed by atoms with Crippen LogP contribution in [0.15, 0.2) is 28.1 Å². The number of nitrogens with zero attached hydrogens (tertiary/aromatic N) is 1. The maximum absolute atomic E-state index is 10.6. The fraction of sp³-hybridized carbons (Fsp3) is 0.400. The van der Waals surface area contributed by atoms with Crippen molar-refractivity contribution in [3.63, 3.8) is 0 Å². The summed E-state index contributed by atoms with van der Waals surface area (Å²) in [5, 5.41) is 16.7. The second-order valence-electron chi connectivity index (χ2n) is 7.28. The highest BCUT2D eigenvalue weighted by Gasteiger charge is 2.38. The number of hydrogen-bond donors (Lipinski definition) is 4. The van der Waals surface area contributed by atoms with Gasteiger partial charge in [-0.2, -0.15) is 13.2 Å². The van der Waals surface area contributed by atoms with Gasteiger partial charge in [-0.3, -0.25) is 0 Å². The van der Waals surface area contributed by atoms with E-state index in [9.17, 15) is 13.2 Å². The molecule has 0 unspecified atom stereocenters. The lowest BCUT2D eigenvalue weighted by molar-refractivity contribution is -0.192. The van der Waals surface area contributed by atoms with Gasteiger partial charge in [-0.1, -0.05) is 17.7 Å². The van der Waals surface area contributed by atoms with Crippen molar-refractivity contribution >= 4 is 72.1 Å². The number of rotatable bonds is 4. The molecular weight excluding hydrogens is 565 g/mol. The fourth-order valence-electron chi connectivity index (χ4n) is 3.38. The minimum Gasteiger partial charge on any atom is -0.475 e. The van der Waals surface area contributed by atoms with Gasteiger partial charge in [-0.05, 0) is 53.3 Å². The van der Waals surface area contributed by atoms with E-state index in [-0.39, 0.29) is 6.04 Å². The van der Waals surface area contributed by atoms with Crippen LogP contribution in [0, 0.1) is 0 Å². The zero-order chi connectivity index (χ0) is 24.2. The topological polar surface area (TPSA) is 100 Å². The van der Waals surface area contributed by atoms with Crippen LogP contribution in [0.1, 0.15) is 28.5 Å². The SMILES string of the molecule is N[C@@H]1CCNCC[C@@H]1c1sc2c(NCc3cccs3)cc(Cl)nc2c1Br.O=C(O)C(F)(F)F. The molecule has 3 aromatic heterocycles. The Morgan fingerprint density at radius 1 is 1.39 bits per heavy atom. The minimum atomic E-state index is -5.08. The van der Waals surface area contributed by atoms with Crippen LogP contribution in [-0.4, -0.2) is 41.4 Å². The number of anilines is 1. The lowest BCUT2D eigenvalue weighted by atomic mass is 9.94. The van der Waals surface area contributed by atoms with Crippen LogP contribution >= 0.6 is 50.2 Å². The van der Waals surface area contributed by atoms with Crippen molar-refractivity contribution in [1.29, 1.82) is 0 Å². The van der Waals surface area contributed by atoms with Gasteiger partial charge in [0, 0.05) is 34.3 Å². The first kappa shape index (κ1) is 26.2. The lowest BCUT2D eigenvalue weighted by Gasteiger charge is -2.19. The Morgan fingerprint density at radius 2 is 2.09 bits per heavy atom. The van der Waals surface area contributed by atoms with Crippen LogP contribution in [0.5, 0.6) is 0 Å². The van der Waals surface area contributed by atoms with Crippen LogP contribution in [0.3, 0.4) is 0 Å². The van der Waals surface area contributed by atoms with E-state index in [2.05, 4.69) is 49.1 Å². The molecule has 13 heteroatoms. The molecule has 0 amide bonds. The number of aromatic nitrogens is 1. The molecule has 0 aliphatic carbocycles. The Labute approximate surface area is 209 Å². The van der Waals surface area contributed by atoms with Gasteiger partial charge in [0.15, 0.2) is 0 Å². The molecule has 1 fully saturated rings. The summed E-state index contributed by atoms with van der Waals surface area (Å²) in [6.45, 7) is 2.76. The summed E-state index contributed by atoms with van der Waals surface area (Å²) >= 11 is 13.6. The van der Waals surface area contributed by atoms with Crippen LogP contribution in [0.25, 0.3) is 10.2 Å². The van der Waals surface area contributed by atoms with Crippen LogP contribution in [0.2, 0.25) is 5.15 Å². The molecule has 0 bridgehead atoms. The molecule has 1 aliphatic rings. The van der Waals surface area contributed by atoms with E-state index in [4.69, 9.17) is 27.2 Å². The maximum Gasteiger partial charge on any atom is 0.490 e. The molecule has 0 radical (unpaired) electrons. The van der Waals surface area contributed by atoms with Gasteiger partial charge < -0.3 is 21.5 Å². The van der Waals surface area contributed by atoms with E-state index in [0.717, 1.165) is 52.9 Å². The Morgan fingerprint density at radius 3 is 2.73 bits per heavy atom. The zero-order valence-electron chi connectivity index (χ0n) is 17.1. The molecule has 33 heavy (non-hydrogen) atoms. The standard InChI is InChI=1S/C18H20BrClN4S2.C2HF3O2/c19-15-16-18(26-17(15)11-3-5-22-6-4-12(11)21)13(8-14(20)24-16)23-9-10-2-1-7-25-10;3-2(4,5)1(6)7/h1-2,7-8,11-12,22H,3-6,9,21H2,(H,23,24);(H,6,7)/t11-,12+;/m0./s1. The van der Waals surface area contributed by atoms with Gasteiger partial charge in [0.1, 0.15) is 5.15 Å². The Balaban J connectivity index is 0.000000383. The first-order chi connectivity index (χ1) is 15.6. The van der Waals surface area contributed by atoms with E-state index in [1.165, 1.54) is 9.75 Å². The molecule has 5 N–H and O–H groups in total. The number of aliphatic carboxylic acids is 1. The zero-order valence-corrected chi connectivity index (χ0v) is 21.1. The predicted octanol–water partition coefficient (Wildman–Crippen LogP) is 5.81. The smallest absolute Gasteiger partial charge is 0.475 e. The number of nitrogens with one attached hydrogen (secondary N) is 2. The first-order valence-electron chi connectivity index (χ1n) is 9.89. The summed E-state index contributed by atoms with van der Waals surface area (Å²) in [5.74, 6) is -2.42. The molecule has 6 nitrogen and oxygen atoms in total. The van der Waals surface area contributed by atoms with Gasteiger partial charge in [0.2, 0.25) is 0 Å². The maximum atomic E-state index is 10.6. The van der Waals surface area contributed by atoms with E-state index in [0.29, 0.717) is 11.1 Å². The number of carboxylic acid groups (broad SMARTS) is 1. The molecule has 4 rings (SSSR count). The second-order valence-corrected chi connectivity index (χ2v) is 10.5. The van der Waals surface area contributed by atoms with Gasteiger partial charge in [0.05, 0.1) is 20.4 Å². The Kier molecular flexibility index (Phi) is 8.98. The minimum absolute atomic E-state index is 0.160. The van der Waals surface area contributed by atoms with Crippen molar-refractivity contribution in [2.75, 3.05) is 18.4 Å². The van der Waals surface area contributed by atoms with Crippen LogP contribution < -0.4 is 16.4 Å². The van der Waals surface area contributed by atoms with Crippen LogP contribution in [0.4, 0.5) is 18.9 Å². The molecule has 3 aromatic rings. The lowest BCUT2D eigenvalue weighted by Crippen LogP contribution is -2.28. The normalized spacial score (nSPS) is 19.0. The third kappa shape index (κ3) is 6.80. The highest BCUT2D eigenvalue weighted by molar-refractivity contribution is 9.10. The molecule has 2 atom stereocenters. The number of hydrogen-bond acceptors (Lipinski definition) is 7. The monoisotopic (exact) mass is 584 g/mol. The number of pyridine rings is 1. The van der Waals surface area contributed by atoms with Gasteiger partial charge in [-0.15, -0.1) is 22.7 Å². The number of nitrogens with two attached hydrogens (primary N) is 1. The highest BCUT2D eigenvalue weighted by atomic mass is 79.9. The summed E-state index contributed by atoms with van der Waals surface area (Å²) in [7, 11) is 0. The van der Waals surface area contributed by atoms with Crippen molar-refractivity contribution in [2.45, 2.75) is 37.5 Å². The van der Waals surface area contributed by atoms with E-state index in [1.54, 1.807) is 22.7 Å². The molecule has 180 valence electrons. The van der Waals surface area contributed by atoms with E-state index < -0.39 is 12.1 Å². The Hall–Kier alpha value is -1.44. The Bertz CT molecular complexity index is 1100. The highest BCUT2D eigenvalue weighted by Crippen LogP contribution is 2.45. The molecule has 4 heterocycles. The van der Waals surface area contributed by atoms with Gasteiger partial charge in [0.25, 0.3) is 0 Å². The van der Waals surface area contributed by atoms with Crippen LogP contribution in [-0.2, 0) is 11.3 Å². The molecule has 0 spiro atoms. The second kappa shape index (κ2) is 11.3. The summed E-state index contributed by atoms with van der Waals surface area (Å²) in [6.07, 6.45) is -3.05. The van der Waals surface area contributed by atoms with E-state index >= 15 is 0 Å². The summed E-state index contributed by atoms with van der Waals surface area (Å²) in [4.78, 5) is 16.0. The van der Waals surface area contributed by atoms with Crippen molar-refractivity contribution in [3.05, 3.63) is 43.0 Å². The number of alkyl halides is 3. The molecule has 1 aliphatic heterocycles. The number of fused-ring (bicyclic) bond motifs is 1. The van der Waals surface area contributed by atoms with Crippen molar-refractivity contribution in [3.8, 4) is 0 Å². The summed E-state index contributed by atoms with van der Waals surface area (Å²) < 4.78 is 33.9. The predicted molar refractivity (Wildman–Crippen MR) is 130 cm³/mol. The molecular formula is C20H21BrClF3N4O2S2. The first-order valence-corrected chi connectivity index (χ1v) is 12.8. The molecule has 0 aromatic carbocycles. The average molecular weight is 586 g/mol. The van der Waals surface area contributed by atoms with Gasteiger partial charge in [-0.25, -0.2) is 9.78 Å². The third-order valence-electron chi connectivity index (χ3n) is 4.99.